The third kappa shape index (κ3) is 4.59. The Morgan fingerprint density at radius 2 is 1.88 bits per heavy atom. The summed E-state index contributed by atoms with van der Waals surface area (Å²) in [6.45, 7) is 4.65. The predicted octanol–water partition coefficient (Wildman–Crippen LogP) is 5.00. The quantitative estimate of drug-likeness (QED) is 0.601. The minimum absolute atomic E-state index is 0.327. The molecule has 7 heteroatoms. The Kier molecular flexibility index (Phi) is 5.85. The molecule has 0 amide bonds. The lowest BCUT2D eigenvalue weighted by Crippen LogP contribution is -2.28. The van der Waals surface area contributed by atoms with Crippen LogP contribution in [0.1, 0.15) is 31.2 Å². The summed E-state index contributed by atoms with van der Waals surface area (Å²) >= 11 is 11.5. The van der Waals surface area contributed by atoms with Gasteiger partial charge in [-0.3, -0.25) is 0 Å². The molecule has 1 aromatic heterocycles. The maximum absolute atomic E-state index is 6.15. The lowest BCUT2D eigenvalue weighted by molar-refractivity contribution is 0.376. The summed E-state index contributed by atoms with van der Waals surface area (Å²) in [7, 11) is 0. The highest BCUT2D eigenvalue weighted by Crippen LogP contribution is 2.24. The van der Waals surface area contributed by atoms with Crippen molar-refractivity contribution in [2.45, 2.75) is 26.3 Å². The standard InChI is InChI=1S/C19H19ClN4OS/c1-12(2)13-7-9-14(10-8-13)22-19(26)21-11-17-23-18(24-25-17)15-5-3-4-6-16(15)20/h3-10,12H,11H2,1-2H3,(H2,21,22,26). The van der Waals surface area contributed by atoms with Crippen molar-refractivity contribution in [1.29, 1.82) is 0 Å². The van der Waals surface area contributed by atoms with Crippen molar-refractivity contribution in [3.63, 3.8) is 0 Å². The van der Waals surface area contributed by atoms with Gasteiger partial charge in [-0.1, -0.05) is 54.9 Å². The molecule has 0 bridgehead atoms. The molecule has 0 unspecified atom stereocenters. The minimum Gasteiger partial charge on any atom is -0.353 e. The largest absolute Gasteiger partial charge is 0.353 e. The summed E-state index contributed by atoms with van der Waals surface area (Å²) in [6.07, 6.45) is 0. The second-order valence-corrected chi connectivity index (χ2v) is 6.89. The van der Waals surface area contributed by atoms with Crippen molar-refractivity contribution in [3.8, 4) is 11.4 Å². The van der Waals surface area contributed by atoms with Gasteiger partial charge in [0.15, 0.2) is 5.11 Å². The highest BCUT2D eigenvalue weighted by atomic mass is 35.5. The smallest absolute Gasteiger partial charge is 0.246 e. The van der Waals surface area contributed by atoms with Crippen molar-refractivity contribution in [3.05, 3.63) is 65.0 Å². The first-order valence-corrected chi connectivity index (χ1v) is 9.04. The normalized spacial score (nSPS) is 10.8. The number of halogens is 1. The first-order chi connectivity index (χ1) is 12.5. The van der Waals surface area contributed by atoms with Crippen LogP contribution in [0.5, 0.6) is 0 Å². The van der Waals surface area contributed by atoms with Gasteiger partial charge in [-0.15, -0.1) is 0 Å². The summed E-state index contributed by atoms with van der Waals surface area (Å²) in [5.74, 6) is 1.38. The van der Waals surface area contributed by atoms with Crippen LogP contribution in [0.25, 0.3) is 11.4 Å². The fourth-order valence-electron chi connectivity index (χ4n) is 2.36. The van der Waals surface area contributed by atoms with E-state index >= 15 is 0 Å². The Labute approximate surface area is 162 Å². The van der Waals surface area contributed by atoms with Gasteiger partial charge in [0.25, 0.3) is 0 Å². The van der Waals surface area contributed by atoms with Crippen molar-refractivity contribution < 1.29 is 4.52 Å². The number of hydrogen-bond acceptors (Lipinski definition) is 4. The molecule has 3 aromatic rings. The van der Waals surface area contributed by atoms with Crippen LogP contribution in [0.2, 0.25) is 5.02 Å². The van der Waals surface area contributed by atoms with E-state index in [2.05, 4.69) is 46.8 Å². The van der Waals surface area contributed by atoms with Crippen LogP contribution in [0.4, 0.5) is 5.69 Å². The average molecular weight is 387 g/mol. The summed E-state index contributed by atoms with van der Waals surface area (Å²) in [6, 6.07) is 15.5. The summed E-state index contributed by atoms with van der Waals surface area (Å²) in [4.78, 5) is 4.34. The van der Waals surface area contributed by atoms with Crippen LogP contribution < -0.4 is 10.6 Å². The number of thiocarbonyl (C=S) groups is 1. The van der Waals surface area contributed by atoms with E-state index in [9.17, 15) is 0 Å². The highest BCUT2D eigenvalue weighted by Gasteiger charge is 2.11. The topological polar surface area (TPSA) is 63.0 Å². The Morgan fingerprint density at radius 3 is 2.58 bits per heavy atom. The zero-order chi connectivity index (χ0) is 18.5. The lowest BCUT2D eigenvalue weighted by atomic mass is 10.0. The third-order valence-electron chi connectivity index (χ3n) is 3.82. The van der Waals surface area contributed by atoms with Crippen molar-refractivity contribution >= 4 is 34.6 Å². The van der Waals surface area contributed by atoms with Crippen molar-refractivity contribution in [1.82, 2.24) is 15.5 Å². The molecule has 3 rings (SSSR count). The van der Waals surface area contributed by atoms with Gasteiger partial charge >= 0.3 is 0 Å². The molecule has 0 saturated heterocycles. The van der Waals surface area contributed by atoms with E-state index in [1.807, 2.05) is 30.3 Å². The monoisotopic (exact) mass is 386 g/mol. The molecule has 2 aromatic carbocycles. The molecule has 0 saturated carbocycles. The zero-order valence-electron chi connectivity index (χ0n) is 14.5. The number of rotatable bonds is 5. The van der Waals surface area contributed by atoms with E-state index in [0.717, 1.165) is 11.3 Å². The van der Waals surface area contributed by atoms with E-state index in [4.69, 9.17) is 28.3 Å². The fraction of sp³-hybridized carbons (Fsp3) is 0.211. The van der Waals surface area contributed by atoms with E-state index < -0.39 is 0 Å². The van der Waals surface area contributed by atoms with Crippen molar-refractivity contribution in [2.75, 3.05) is 5.32 Å². The summed E-state index contributed by atoms with van der Waals surface area (Å²) in [5.41, 5.74) is 2.94. The van der Waals surface area contributed by atoms with E-state index in [-0.39, 0.29) is 0 Å². The molecular weight excluding hydrogens is 368 g/mol. The van der Waals surface area contributed by atoms with Gasteiger partial charge in [-0.25, -0.2) is 0 Å². The Hall–Kier alpha value is -2.44. The van der Waals surface area contributed by atoms with Crippen LogP contribution in [0, 0.1) is 0 Å². The van der Waals surface area contributed by atoms with Crippen LogP contribution in [0.3, 0.4) is 0 Å². The number of benzene rings is 2. The maximum Gasteiger partial charge on any atom is 0.246 e. The number of anilines is 1. The van der Waals surface area contributed by atoms with Crippen LogP contribution in [0.15, 0.2) is 53.1 Å². The summed E-state index contributed by atoms with van der Waals surface area (Å²) < 4.78 is 5.25. The number of hydrogen-bond donors (Lipinski definition) is 2. The molecule has 0 fully saturated rings. The SMILES string of the molecule is CC(C)c1ccc(NC(=S)NCc2nc(-c3ccccc3Cl)no2)cc1. The van der Waals surface area contributed by atoms with E-state index in [1.54, 1.807) is 6.07 Å². The van der Waals surface area contributed by atoms with Gasteiger partial charge in [0, 0.05) is 11.3 Å². The Bertz CT molecular complexity index is 893. The molecule has 134 valence electrons. The predicted molar refractivity (Wildman–Crippen MR) is 108 cm³/mol. The Morgan fingerprint density at radius 1 is 1.15 bits per heavy atom. The molecular formula is C19H19ClN4OS. The molecule has 2 N–H and O–H groups in total. The van der Waals surface area contributed by atoms with Gasteiger partial charge in [-0.05, 0) is 48.0 Å². The van der Waals surface area contributed by atoms with Gasteiger partial charge in [0.05, 0.1) is 11.6 Å². The zero-order valence-corrected chi connectivity index (χ0v) is 16.1. The molecule has 0 atom stereocenters. The molecule has 0 aliphatic carbocycles. The van der Waals surface area contributed by atoms with Crippen LogP contribution in [-0.4, -0.2) is 15.3 Å². The first kappa shape index (κ1) is 18.4. The molecule has 0 spiro atoms. The summed E-state index contributed by atoms with van der Waals surface area (Å²) in [5, 5.41) is 11.2. The minimum atomic E-state index is 0.327. The number of nitrogens with one attached hydrogen (secondary N) is 2. The second-order valence-electron chi connectivity index (χ2n) is 6.08. The Balaban J connectivity index is 1.56. The van der Waals surface area contributed by atoms with Crippen LogP contribution in [-0.2, 0) is 6.54 Å². The fourth-order valence-corrected chi connectivity index (χ4v) is 2.77. The number of nitrogens with zero attached hydrogens (tertiary/aromatic N) is 2. The molecule has 0 radical (unpaired) electrons. The highest BCUT2D eigenvalue weighted by molar-refractivity contribution is 7.80. The molecule has 1 heterocycles. The van der Waals surface area contributed by atoms with Crippen LogP contribution >= 0.6 is 23.8 Å². The molecule has 0 aliphatic heterocycles. The molecule has 5 nitrogen and oxygen atoms in total. The molecule has 26 heavy (non-hydrogen) atoms. The average Bonchev–Trinajstić information content (AvgIpc) is 3.09. The maximum atomic E-state index is 6.15. The van der Waals surface area contributed by atoms with Gasteiger partial charge in [0.2, 0.25) is 11.7 Å². The lowest BCUT2D eigenvalue weighted by Gasteiger charge is -2.10. The van der Waals surface area contributed by atoms with E-state index in [0.29, 0.717) is 34.3 Å². The van der Waals surface area contributed by atoms with Crippen molar-refractivity contribution in [2.24, 2.45) is 0 Å². The molecule has 0 aliphatic rings. The third-order valence-corrected chi connectivity index (χ3v) is 4.39. The first-order valence-electron chi connectivity index (χ1n) is 8.25. The van der Waals surface area contributed by atoms with E-state index in [1.165, 1.54) is 5.56 Å². The number of aromatic nitrogens is 2. The second kappa shape index (κ2) is 8.29. The van der Waals surface area contributed by atoms with Gasteiger partial charge in [0.1, 0.15) is 0 Å². The van der Waals surface area contributed by atoms with Gasteiger partial charge < -0.3 is 15.2 Å². The van der Waals surface area contributed by atoms with Gasteiger partial charge in [-0.2, -0.15) is 4.98 Å².